The molecule has 0 radical (unpaired) electrons. The van der Waals surface area contributed by atoms with Gasteiger partial charge in [-0.3, -0.25) is 9.20 Å². The van der Waals surface area contributed by atoms with E-state index in [-0.39, 0.29) is 5.56 Å². The summed E-state index contributed by atoms with van der Waals surface area (Å²) in [6.07, 6.45) is 6.32. The molecular weight excluding hydrogens is 230 g/mol. The molecule has 1 fully saturated rings. The van der Waals surface area contributed by atoms with Crippen LogP contribution in [0.2, 0.25) is 0 Å². The molecule has 2 aromatic rings. The lowest BCUT2D eigenvalue weighted by Crippen LogP contribution is -2.17. The molecule has 5 nitrogen and oxygen atoms in total. The molecule has 96 valence electrons. The zero-order chi connectivity index (χ0) is 12.5. The molecule has 5 heteroatoms. The van der Waals surface area contributed by atoms with Crippen molar-refractivity contribution in [2.24, 2.45) is 0 Å². The second kappa shape index (κ2) is 4.57. The summed E-state index contributed by atoms with van der Waals surface area (Å²) in [6.45, 7) is 3.59. The fourth-order valence-corrected chi connectivity index (χ4v) is 2.64. The van der Waals surface area contributed by atoms with E-state index in [1.165, 1.54) is 0 Å². The number of aromatic amines is 1. The lowest BCUT2D eigenvalue weighted by molar-refractivity contribution is 0.0834. The summed E-state index contributed by atoms with van der Waals surface area (Å²) in [5.74, 6) is 1.41. The van der Waals surface area contributed by atoms with E-state index in [0.717, 1.165) is 44.0 Å². The van der Waals surface area contributed by atoms with Crippen LogP contribution in [0.15, 0.2) is 17.2 Å². The molecule has 3 heterocycles. The van der Waals surface area contributed by atoms with Crippen LogP contribution in [0.4, 0.5) is 0 Å². The van der Waals surface area contributed by atoms with Crippen molar-refractivity contribution in [1.29, 1.82) is 0 Å². The van der Waals surface area contributed by atoms with E-state index in [2.05, 4.69) is 9.97 Å². The predicted molar refractivity (Wildman–Crippen MR) is 68.0 cm³/mol. The molecule has 1 aliphatic rings. The van der Waals surface area contributed by atoms with Gasteiger partial charge in [0.2, 0.25) is 0 Å². The summed E-state index contributed by atoms with van der Waals surface area (Å²) in [4.78, 5) is 19.3. The molecular formula is C13H17N3O2. The number of hydrogen-bond donors (Lipinski definition) is 1. The van der Waals surface area contributed by atoms with E-state index in [1.807, 2.05) is 17.5 Å². The van der Waals surface area contributed by atoms with Gasteiger partial charge in [-0.25, -0.2) is 4.98 Å². The van der Waals surface area contributed by atoms with Crippen LogP contribution >= 0.6 is 0 Å². The summed E-state index contributed by atoms with van der Waals surface area (Å²) in [5, 5.41) is 0. The second-order valence-electron chi connectivity index (χ2n) is 4.66. The fourth-order valence-electron chi connectivity index (χ4n) is 2.64. The van der Waals surface area contributed by atoms with Gasteiger partial charge in [-0.2, -0.15) is 0 Å². The molecule has 0 saturated carbocycles. The molecule has 0 spiro atoms. The van der Waals surface area contributed by atoms with Crippen LogP contribution < -0.4 is 5.56 Å². The second-order valence-corrected chi connectivity index (χ2v) is 4.66. The van der Waals surface area contributed by atoms with Gasteiger partial charge in [0.05, 0.1) is 5.69 Å². The Balaban J connectivity index is 2.17. The zero-order valence-corrected chi connectivity index (χ0v) is 10.5. The third-order valence-corrected chi connectivity index (χ3v) is 3.59. The minimum absolute atomic E-state index is 0.0554. The molecule has 18 heavy (non-hydrogen) atoms. The number of imidazole rings is 1. The number of fused-ring (bicyclic) bond motifs is 1. The Labute approximate surface area is 105 Å². The first kappa shape index (κ1) is 11.5. The first-order valence-electron chi connectivity index (χ1n) is 6.47. The average Bonchev–Trinajstić information content (AvgIpc) is 2.80. The zero-order valence-electron chi connectivity index (χ0n) is 10.5. The van der Waals surface area contributed by atoms with Crippen LogP contribution in [-0.2, 0) is 11.2 Å². The van der Waals surface area contributed by atoms with Gasteiger partial charge in [0.25, 0.3) is 5.56 Å². The lowest BCUT2D eigenvalue weighted by atomic mass is 10.00. The van der Waals surface area contributed by atoms with Crippen LogP contribution in [0.5, 0.6) is 0 Å². The molecule has 1 saturated heterocycles. The Morgan fingerprint density at radius 2 is 2.28 bits per heavy atom. The Kier molecular flexibility index (Phi) is 2.91. The summed E-state index contributed by atoms with van der Waals surface area (Å²) >= 11 is 0. The monoisotopic (exact) mass is 247 g/mol. The predicted octanol–water partition coefficient (Wildman–Crippen LogP) is 1.48. The maximum atomic E-state index is 11.9. The van der Waals surface area contributed by atoms with Crippen molar-refractivity contribution < 1.29 is 4.74 Å². The van der Waals surface area contributed by atoms with E-state index in [9.17, 15) is 4.79 Å². The van der Waals surface area contributed by atoms with Crippen LogP contribution in [0, 0.1) is 0 Å². The van der Waals surface area contributed by atoms with Gasteiger partial charge >= 0.3 is 0 Å². The standard InChI is InChI=1S/C13H17N3O2/c1-2-10-11-13(17)14-5-6-16(11)12(15-10)9-3-7-18-8-4-9/h5-6,9H,2-4,7-8H2,1H3,(H,14,17). The van der Waals surface area contributed by atoms with Crippen molar-refractivity contribution in [2.75, 3.05) is 13.2 Å². The van der Waals surface area contributed by atoms with Gasteiger partial charge in [0, 0.05) is 31.5 Å². The number of ether oxygens (including phenoxy) is 1. The number of aryl methyl sites for hydroxylation is 1. The van der Waals surface area contributed by atoms with Crippen molar-refractivity contribution in [3.63, 3.8) is 0 Å². The number of nitrogens with one attached hydrogen (secondary N) is 1. The highest BCUT2D eigenvalue weighted by Gasteiger charge is 2.22. The van der Waals surface area contributed by atoms with Crippen molar-refractivity contribution >= 4 is 5.52 Å². The maximum absolute atomic E-state index is 11.9. The first-order valence-corrected chi connectivity index (χ1v) is 6.47. The number of aromatic nitrogens is 3. The first-order chi connectivity index (χ1) is 8.81. The van der Waals surface area contributed by atoms with E-state index in [1.54, 1.807) is 6.20 Å². The number of nitrogens with zero attached hydrogens (tertiary/aromatic N) is 2. The van der Waals surface area contributed by atoms with Crippen LogP contribution in [0.25, 0.3) is 5.52 Å². The molecule has 0 aromatic carbocycles. The summed E-state index contributed by atoms with van der Waals surface area (Å²) < 4.78 is 7.34. The van der Waals surface area contributed by atoms with Gasteiger partial charge in [-0.05, 0) is 19.3 Å². The highest BCUT2D eigenvalue weighted by Crippen LogP contribution is 2.27. The van der Waals surface area contributed by atoms with E-state index >= 15 is 0 Å². The van der Waals surface area contributed by atoms with Crippen molar-refractivity contribution in [3.8, 4) is 0 Å². The van der Waals surface area contributed by atoms with Gasteiger partial charge in [-0.1, -0.05) is 6.92 Å². The Morgan fingerprint density at radius 1 is 1.50 bits per heavy atom. The molecule has 0 amide bonds. The molecule has 1 aliphatic heterocycles. The highest BCUT2D eigenvalue weighted by atomic mass is 16.5. The summed E-state index contributed by atoms with van der Waals surface area (Å²) in [7, 11) is 0. The van der Waals surface area contributed by atoms with Crippen LogP contribution in [-0.4, -0.2) is 27.6 Å². The molecule has 3 rings (SSSR count). The lowest BCUT2D eigenvalue weighted by Gasteiger charge is -2.20. The maximum Gasteiger partial charge on any atom is 0.274 e. The Hall–Kier alpha value is -1.62. The third-order valence-electron chi connectivity index (χ3n) is 3.59. The molecule has 0 unspecified atom stereocenters. The number of rotatable bonds is 2. The normalized spacial score (nSPS) is 17.4. The average molecular weight is 247 g/mol. The van der Waals surface area contributed by atoms with Crippen LogP contribution in [0.1, 0.15) is 37.2 Å². The molecule has 1 N–H and O–H groups in total. The SMILES string of the molecule is CCc1nc(C2CCOCC2)n2cc[nH]c(=O)c12. The van der Waals surface area contributed by atoms with Crippen LogP contribution in [0.3, 0.4) is 0 Å². The third kappa shape index (κ3) is 1.75. The highest BCUT2D eigenvalue weighted by molar-refractivity contribution is 5.51. The van der Waals surface area contributed by atoms with E-state index in [0.29, 0.717) is 11.4 Å². The summed E-state index contributed by atoms with van der Waals surface area (Å²) in [5.41, 5.74) is 1.53. The largest absolute Gasteiger partial charge is 0.381 e. The minimum Gasteiger partial charge on any atom is -0.381 e. The minimum atomic E-state index is -0.0554. The van der Waals surface area contributed by atoms with Gasteiger partial charge in [-0.15, -0.1) is 0 Å². The van der Waals surface area contributed by atoms with Crippen molar-refractivity contribution in [3.05, 3.63) is 34.3 Å². The van der Waals surface area contributed by atoms with Gasteiger partial charge in [0.1, 0.15) is 11.3 Å². The molecule has 0 aliphatic carbocycles. The van der Waals surface area contributed by atoms with Gasteiger partial charge < -0.3 is 9.72 Å². The molecule has 2 aromatic heterocycles. The fraction of sp³-hybridized carbons (Fsp3) is 0.538. The Morgan fingerprint density at radius 3 is 3.00 bits per heavy atom. The van der Waals surface area contributed by atoms with E-state index < -0.39 is 0 Å². The number of hydrogen-bond acceptors (Lipinski definition) is 3. The van der Waals surface area contributed by atoms with Crippen molar-refractivity contribution in [1.82, 2.24) is 14.4 Å². The summed E-state index contributed by atoms with van der Waals surface area (Å²) in [6, 6.07) is 0. The van der Waals surface area contributed by atoms with Gasteiger partial charge in [0.15, 0.2) is 0 Å². The molecule has 0 bridgehead atoms. The quantitative estimate of drug-likeness (QED) is 0.874. The van der Waals surface area contributed by atoms with Crippen molar-refractivity contribution in [2.45, 2.75) is 32.1 Å². The molecule has 0 atom stereocenters. The Bertz CT molecular complexity index is 608. The topological polar surface area (TPSA) is 59.4 Å². The number of H-pyrrole nitrogens is 1. The smallest absolute Gasteiger partial charge is 0.274 e. The van der Waals surface area contributed by atoms with E-state index in [4.69, 9.17) is 4.74 Å².